The van der Waals surface area contributed by atoms with E-state index < -0.39 is 36.0 Å². The first-order chi connectivity index (χ1) is 15.9. The maximum absolute atomic E-state index is 13.2. The molecule has 0 bridgehead atoms. The Morgan fingerprint density at radius 3 is 1.55 bits per heavy atom. The highest BCUT2D eigenvalue weighted by atomic mass is 16.6. The van der Waals surface area contributed by atoms with Gasteiger partial charge in [0.15, 0.2) is 0 Å². The molecule has 33 heavy (non-hydrogen) atoms. The lowest BCUT2D eigenvalue weighted by molar-refractivity contribution is -0.130. The van der Waals surface area contributed by atoms with E-state index in [-0.39, 0.29) is 11.1 Å². The summed E-state index contributed by atoms with van der Waals surface area (Å²) in [5, 5.41) is 0. The van der Waals surface area contributed by atoms with Crippen molar-refractivity contribution in [1.29, 1.82) is 0 Å². The van der Waals surface area contributed by atoms with Gasteiger partial charge in [0.2, 0.25) is 12.2 Å². The van der Waals surface area contributed by atoms with Gasteiger partial charge in [0.25, 0.3) is 11.8 Å². The summed E-state index contributed by atoms with van der Waals surface area (Å²) in [5.74, 6) is -3.16. The fourth-order valence-electron chi connectivity index (χ4n) is 3.48. The van der Waals surface area contributed by atoms with Crippen LogP contribution in [0.3, 0.4) is 0 Å². The Balaban J connectivity index is 1.67. The Morgan fingerprint density at radius 1 is 0.667 bits per heavy atom. The molecule has 3 aromatic rings. The molecule has 0 radical (unpaired) electrons. The van der Waals surface area contributed by atoms with Crippen molar-refractivity contribution >= 4 is 29.4 Å². The standard InChI is InChI=1S/C26H21NO6/c1-16-13-14-20(15-17(16)2)27-23(28)21(32-25(30)18-9-5-3-6-10-18)22(24(27)29)33-26(31)19-11-7-4-8-12-19/h3-15,21-22H,1-2H3/t21-,22+. The van der Waals surface area contributed by atoms with E-state index in [0.29, 0.717) is 5.69 Å². The van der Waals surface area contributed by atoms with Gasteiger partial charge in [-0.05, 0) is 61.4 Å². The number of aryl methyl sites for hydroxylation is 2. The summed E-state index contributed by atoms with van der Waals surface area (Å²) < 4.78 is 10.8. The third kappa shape index (κ3) is 4.39. The van der Waals surface area contributed by atoms with Gasteiger partial charge in [-0.1, -0.05) is 42.5 Å². The second-order valence-corrected chi connectivity index (χ2v) is 7.66. The zero-order valence-corrected chi connectivity index (χ0v) is 18.1. The van der Waals surface area contributed by atoms with Crippen molar-refractivity contribution in [1.82, 2.24) is 0 Å². The molecule has 0 unspecified atom stereocenters. The Hall–Kier alpha value is -4.26. The highest BCUT2D eigenvalue weighted by Gasteiger charge is 2.53. The minimum Gasteiger partial charge on any atom is -0.444 e. The molecule has 1 aliphatic rings. The van der Waals surface area contributed by atoms with Crippen LogP contribution in [0.25, 0.3) is 0 Å². The predicted octanol–water partition coefficient (Wildman–Crippen LogP) is 3.63. The van der Waals surface area contributed by atoms with Gasteiger partial charge in [-0.25, -0.2) is 14.5 Å². The van der Waals surface area contributed by atoms with E-state index in [1.165, 1.54) is 24.3 Å². The Bertz CT molecular complexity index is 1150. The number of anilines is 1. The van der Waals surface area contributed by atoms with E-state index in [9.17, 15) is 19.2 Å². The lowest BCUT2D eigenvalue weighted by atomic mass is 10.1. The van der Waals surface area contributed by atoms with Crippen molar-refractivity contribution in [2.45, 2.75) is 26.1 Å². The number of esters is 2. The predicted molar refractivity (Wildman–Crippen MR) is 120 cm³/mol. The molecule has 3 aromatic carbocycles. The monoisotopic (exact) mass is 443 g/mol. The number of carbonyl (C=O) groups is 4. The van der Waals surface area contributed by atoms with Crippen molar-refractivity contribution in [2.75, 3.05) is 4.90 Å². The zero-order chi connectivity index (χ0) is 23.5. The van der Waals surface area contributed by atoms with E-state index in [1.54, 1.807) is 54.6 Å². The lowest BCUT2D eigenvalue weighted by Crippen LogP contribution is -2.37. The minimum atomic E-state index is -1.61. The zero-order valence-electron chi connectivity index (χ0n) is 18.1. The first-order valence-corrected chi connectivity index (χ1v) is 10.3. The number of benzene rings is 3. The maximum Gasteiger partial charge on any atom is 0.339 e. The molecule has 0 N–H and O–H groups in total. The Morgan fingerprint density at radius 2 is 1.12 bits per heavy atom. The van der Waals surface area contributed by atoms with E-state index in [2.05, 4.69) is 0 Å². The van der Waals surface area contributed by atoms with Crippen LogP contribution < -0.4 is 4.90 Å². The van der Waals surface area contributed by atoms with Crippen LogP contribution in [0.4, 0.5) is 5.69 Å². The molecule has 1 fully saturated rings. The van der Waals surface area contributed by atoms with Crippen LogP contribution in [-0.2, 0) is 19.1 Å². The number of imide groups is 1. The van der Waals surface area contributed by atoms with Crippen molar-refractivity contribution in [2.24, 2.45) is 0 Å². The number of amides is 2. The van der Waals surface area contributed by atoms with Crippen molar-refractivity contribution in [3.63, 3.8) is 0 Å². The van der Waals surface area contributed by atoms with Crippen LogP contribution in [0.2, 0.25) is 0 Å². The molecule has 1 aliphatic heterocycles. The van der Waals surface area contributed by atoms with Gasteiger partial charge < -0.3 is 9.47 Å². The van der Waals surface area contributed by atoms with Gasteiger partial charge in [-0.2, -0.15) is 0 Å². The average Bonchev–Trinajstić information content (AvgIpc) is 3.06. The Labute approximate surface area is 190 Å². The fourth-order valence-corrected chi connectivity index (χ4v) is 3.48. The van der Waals surface area contributed by atoms with Crippen molar-refractivity contribution < 1.29 is 28.7 Å². The van der Waals surface area contributed by atoms with E-state index in [4.69, 9.17) is 9.47 Å². The van der Waals surface area contributed by atoms with Crippen LogP contribution in [0, 0.1) is 13.8 Å². The molecule has 0 spiro atoms. The van der Waals surface area contributed by atoms with Gasteiger partial charge >= 0.3 is 11.9 Å². The van der Waals surface area contributed by atoms with Crippen LogP contribution in [0.1, 0.15) is 31.8 Å². The molecule has 166 valence electrons. The molecular formula is C26H21NO6. The van der Waals surface area contributed by atoms with Crippen LogP contribution in [-0.4, -0.2) is 36.0 Å². The van der Waals surface area contributed by atoms with Gasteiger partial charge in [0, 0.05) is 0 Å². The molecule has 4 rings (SSSR count). The molecule has 7 heteroatoms. The van der Waals surface area contributed by atoms with Crippen LogP contribution in [0.15, 0.2) is 78.9 Å². The number of hydrogen-bond acceptors (Lipinski definition) is 6. The molecule has 2 amide bonds. The molecule has 7 nitrogen and oxygen atoms in total. The largest absolute Gasteiger partial charge is 0.444 e. The van der Waals surface area contributed by atoms with Gasteiger partial charge in [-0.3, -0.25) is 9.59 Å². The molecule has 2 atom stereocenters. The first kappa shape index (κ1) is 22.0. The van der Waals surface area contributed by atoms with Gasteiger partial charge in [-0.15, -0.1) is 0 Å². The number of rotatable bonds is 5. The minimum absolute atomic E-state index is 0.204. The summed E-state index contributed by atoms with van der Waals surface area (Å²) >= 11 is 0. The first-order valence-electron chi connectivity index (χ1n) is 10.3. The third-order valence-corrected chi connectivity index (χ3v) is 5.44. The maximum atomic E-state index is 13.2. The molecule has 0 aliphatic carbocycles. The summed E-state index contributed by atoms with van der Waals surface area (Å²) in [6.07, 6.45) is -3.22. The lowest BCUT2D eigenvalue weighted by Gasteiger charge is -2.16. The summed E-state index contributed by atoms with van der Waals surface area (Å²) in [6, 6.07) is 21.2. The summed E-state index contributed by atoms with van der Waals surface area (Å²) in [4.78, 5) is 52.7. The molecular weight excluding hydrogens is 422 g/mol. The highest BCUT2D eigenvalue weighted by molar-refractivity contribution is 6.25. The second-order valence-electron chi connectivity index (χ2n) is 7.66. The normalized spacial score (nSPS) is 17.7. The van der Waals surface area contributed by atoms with Crippen LogP contribution >= 0.6 is 0 Å². The number of hydrogen-bond donors (Lipinski definition) is 0. The summed E-state index contributed by atoms with van der Waals surface area (Å²) in [5.41, 5.74) is 2.57. The molecule has 1 saturated heterocycles. The molecule has 1 heterocycles. The molecule has 0 aromatic heterocycles. The van der Waals surface area contributed by atoms with Crippen molar-refractivity contribution in [3.05, 3.63) is 101 Å². The second kappa shape index (κ2) is 9.08. The average molecular weight is 443 g/mol. The number of carbonyl (C=O) groups excluding carboxylic acids is 4. The topological polar surface area (TPSA) is 90.0 Å². The number of nitrogens with zero attached hydrogens (tertiary/aromatic N) is 1. The van der Waals surface area contributed by atoms with E-state index >= 15 is 0 Å². The van der Waals surface area contributed by atoms with Crippen LogP contribution in [0.5, 0.6) is 0 Å². The molecule has 0 saturated carbocycles. The van der Waals surface area contributed by atoms with E-state index in [0.717, 1.165) is 16.0 Å². The summed E-state index contributed by atoms with van der Waals surface area (Å²) in [6.45, 7) is 3.76. The van der Waals surface area contributed by atoms with Gasteiger partial charge in [0.05, 0.1) is 16.8 Å². The fraction of sp³-hybridized carbons (Fsp3) is 0.154. The highest BCUT2D eigenvalue weighted by Crippen LogP contribution is 2.29. The Kier molecular flexibility index (Phi) is 6.04. The van der Waals surface area contributed by atoms with Crippen molar-refractivity contribution in [3.8, 4) is 0 Å². The van der Waals surface area contributed by atoms with Gasteiger partial charge in [0.1, 0.15) is 0 Å². The quantitative estimate of drug-likeness (QED) is 0.442. The smallest absolute Gasteiger partial charge is 0.339 e. The third-order valence-electron chi connectivity index (χ3n) is 5.44. The SMILES string of the molecule is Cc1ccc(N2C(=O)[C@@H](OC(=O)c3ccccc3)[C@@H](OC(=O)c3ccccc3)C2=O)cc1C. The summed E-state index contributed by atoms with van der Waals surface area (Å²) in [7, 11) is 0. The van der Waals surface area contributed by atoms with E-state index in [1.807, 2.05) is 13.8 Å². The number of ether oxygens (including phenoxy) is 2.